The molecule has 0 radical (unpaired) electrons. The maximum atomic E-state index is 6.65. The van der Waals surface area contributed by atoms with Crippen molar-refractivity contribution in [1.29, 1.82) is 0 Å². The monoisotopic (exact) mass is 430 g/mol. The van der Waals surface area contributed by atoms with E-state index in [1.54, 1.807) is 12.4 Å². The Kier molecular flexibility index (Phi) is 6.45. The third-order valence-corrected chi connectivity index (χ3v) is 5.86. The largest absolute Gasteiger partial charge is 0.489 e. The van der Waals surface area contributed by atoms with Gasteiger partial charge >= 0.3 is 0 Å². The molecule has 3 aromatic rings. The second kappa shape index (κ2) is 8.71. The molecule has 2 atom stereocenters. The van der Waals surface area contributed by atoms with Crippen LogP contribution < -0.4 is 10.5 Å². The molecule has 1 fully saturated rings. The molecule has 1 saturated carbocycles. The van der Waals surface area contributed by atoms with E-state index in [1.165, 1.54) is 0 Å². The second-order valence-electron chi connectivity index (χ2n) is 7.94. The Bertz CT molecular complexity index is 979. The van der Waals surface area contributed by atoms with Gasteiger partial charge in [0.15, 0.2) is 0 Å². The van der Waals surface area contributed by atoms with Gasteiger partial charge in [-0.05, 0) is 25.1 Å². The number of benzene rings is 1. The van der Waals surface area contributed by atoms with E-state index < -0.39 is 5.54 Å². The van der Waals surface area contributed by atoms with Gasteiger partial charge in [-0.25, -0.2) is 0 Å². The zero-order valence-electron chi connectivity index (χ0n) is 17.4. The minimum atomic E-state index is -0.702. The Hall–Kier alpha value is -2.48. The van der Waals surface area contributed by atoms with Gasteiger partial charge in [-0.2, -0.15) is 4.98 Å². The van der Waals surface area contributed by atoms with E-state index in [-0.39, 0.29) is 23.9 Å². The van der Waals surface area contributed by atoms with Crippen LogP contribution in [-0.4, -0.2) is 27.8 Å². The maximum absolute atomic E-state index is 6.65. The molecule has 2 aromatic heterocycles. The molecule has 0 bridgehead atoms. The lowest BCUT2D eigenvalue weighted by atomic mass is 9.54. The van der Waals surface area contributed by atoms with Crippen LogP contribution in [0.15, 0.2) is 53.3 Å². The Morgan fingerprint density at radius 1 is 1.23 bits per heavy atom. The van der Waals surface area contributed by atoms with E-state index in [1.807, 2.05) is 43.3 Å². The van der Waals surface area contributed by atoms with Crippen molar-refractivity contribution in [1.82, 2.24) is 15.1 Å². The van der Waals surface area contributed by atoms with Crippen molar-refractivity contribution < 1.29 is 14.0 Å². The van der Waals surface area contributed by atoms with E-state index in [0.717, 1.165) is 16.9 Å². The van der Waals surface area contributed by atoms with Gasteiger partial charge in [0.05, 0.1) is 6.10 Å². The summed E-state index contributed by atoms with van der Waals surface area (Å²) in [4.78, 5) is 8.70. The van der Waals surface area contributed by atoms with Crippen LogP contribution in [0.3, 0.4) is 0 Å². The van der Waals surface area contributed by atoms with Crippen LogP contribution in [0.1, 0.15) is 38.6 Å². The quantitative estimate of drug-likeness (QED) is 0.602. The van der Waals surface area contributed by atoms with Crippen molar-refractivity contribution in [3.05, 3.63) is 60.2 Å². The van der Waals surface area contributed by atoms with Crippen LogP contribution in [0.5, 0.6) is 5.75 Å². The number of ether oxygens (including phenoxy) is 2. The first-order valence-electron chi connectivity index (χ1n) is 9.81. The lowest BCUT2D eigenvalue weighted by molar-refractivity contribution is -0.162. The van der Waals surface area contributed by atoms with Gasteiger partial charge in [0, 0.05) is 42.0 Å². The lowest BCUT2D eigenvalue weighted by Gasteiger charge is -2.56. The summed E-state index contributed by atoms with van der Waals surface area (Å²) in [7, 11) is 0. The van der Waals surface area contributed by atoms with E-state index in [0.29, 0.717) is 31.3 Å². The molecule has 2 N–H and O–H groups in total. The average molecular weight is 431 g/mol. The van der Waals surface area contributed by atoms with Crippen LogP contribution in [0, 0.1) is 5.41 Å². The molecule has 0 aliphatic heterocycles. The summed E-state index contributed by atoms with van der Waals surface area (Å²) in [6.07, 6.45) is 4.26. The number of halogens is 1. The first-order chi connectivity index (χ1) is 13.9. The second-order valence-corrected chi connectivity index (χ2v) is 7.94. The highest BCUT2D eigenvalue weighted by molar-refractivity contribution is 5.85. The van der Waals surface area contributed by atoms with Crippen molar-refractivity contribution in [3.63, 3.8) is 0 Å². The van der Waals surface area contributed by atoms with E-state index in [2.05, 4.69) is 29.0 Å². The SMILES string of the molecule is CCOC1CC(N)(c2nc(-c3cccc(OCc4cccnc4)c3)no2)C1(C)C.Cl. The summed E-state index contributed by atoms with van der Waals surface area (Å²) in [5, 5.41) is 4.16. The molecular weight excluding hydrogens is 404 g/mol. The summed E-state index contributed by atoms with van der Waals surface area (Å²) in [5.74, 6) is 1.66. The number of aromatic nitrogens is 3. The molecule has 30 heavy (non-hydrogen) atoms. The molecule has 4 rings (SSSR count). The summed E-state index contributed by atoms with van der Waals surface area (Å²) in [6, 6.07) is 11.5. The van der Waals surface area contributed by atoms with Gasteiger partial charge in [-0.1, -0.05) is 37.2 Å². The third kappa shape index (κ3) is 3.93. The van der Waals surface area contributed by atoms with Gasteiger partial charge in [0.2, 0.25) is 11.7 Å². The van der Waals surface area contributed by atoms with Crippen LogP contribution >= 0.6 is 12.4 Å². The summed E-state index contributed by atoms with van der Waals surface area (Å²) >= 11 is 0. The maximum Gasteiger partial charge on any atom is 0.247 e. The molecule has 160 valence electrons. The van der Waals surface area contributed by atoms with Crippen molar-refractivity contribution >= 4 is 12.4 Å². The molecule has 8 heteroatoms. The number of hydrogen-bond donors (Lipinski definition) is 1. The normalized spacial score (nSPS) is 22.1. The molecule has 1 aliphatic carbocycles. The topological polar surface area (TPSA) is 96.3 Å². The molecule has 7 nitrogen and oxygen atoms in total. The van der Waals surface area contributed by atoms with Crippen molar-refractivity contribution in [3.8, 4) is 17.1 Å². The predicted octanol–water partition coefficient (Wildman–Crippen LogP) is 4.12. The average Bonchev–Trinajstić information content (AvgIpc) is 3.24. The van der Waals surface area contributed by atoms with Crippen molar-refractivity contribution in [2.45, 2.75) is 45.4 Å². The lowest BCUT2D eigenvalue weighted by Crippen LogP contribution is -2.67. The zero-order valence-corrected chi connectivity index (χ0v) is 18.2. The minimum absolute atomic E-state index is 0. The highest BCUT2D eigenvalue weighted by atomic mass is 35.5. The van der Waals surface area contributed by atoms with Crippen LogP contribution in [-0.2, 0) is 16.9 Å². The Morgan fingerprint density at radius 2 is 2.07 bits per heavy atom. The van der Waals surface area contributed by atoms with Gasteiger partial charge in [0.1, 0.15) is 17.9 Å². The van der Waals surface area contributed by atoms with E-state index in [4.69, 9.17) is 19.7 Å². The first-order valence-corrected chi connectivity index (χ1v) is 9.81. The fourth-order valence-electron chi connectivity index (χ4n) is 3.70. The highest BCUT2D eigenvalue weighted by Gasteiger charge is 2.62. The first kappa shape index (κ1) is 22.2. The molecule has 2 unspecified atom stereocenters. The van der Waals surface area contributed by atoms with Crippen molar-refractivity contribution in [2.75, 3.05) is 6.61 Å². The number of hydrogen-bond acceptors (Lipinski definition) is 7. The van der Waals surface area contributed by atoms with Gasteiger partial charge in [-0.15, -0.1) is 12.4 Å². The zero-order chi connectivity index (χ0) is 20.5. The Labute approximate surface area is 182 Å². The van der Waals surface area contributed by atoms with Crippen LogP contribution in [0.4, 0.5) is 0 Å². The molecule has 0 amide bonds. The van der Waals surface area contributed by atoms with E-state index in [9.17, 15) is 0 Å². The third-order valence-electron chi connectivity index (χ3n) is 5.86. The van der Waals surface area contributed by atoms with Gasteiger partial charge < -0.3 is 19.7 Å². The fourth-order valence-corrected chi connectivity index (χ4v) is 3.70. The smallest absolute Gasteiger partial charge is 0.247 e. The minimum Gasteiger partial charge on any atom is -0.489 e. The molecule has 1 aliphatic rings. The number of nitrogens with zero attached hydrogens (tertiary/aromatic N) is 3. The summed E-state index contributed by atoms with van der Waals surface area (Å²) in [5.41, 5.74) is 7.47. The van der Waals surface area contributed by atoms with Gasteiger partial charge in [-0.3, -0.25) is 4.98 Å². The number of rotatable bonds is 7. The molecular formula is C22H27ClN4O3. The predicted molar refractivity (Wildman–Crippen MR) is 115 cm³/mol. The van der Waals surface area contributed by atoms with Crippen LogP contribution in [0.25, 0.3) is 11.4 Å². The molecule has 0 saturated heterocycles. The van der Waals surface area contributed by atoms with Crippen LogP contribution in [0.2, 0.25) is 0 Å². The molecule has 2 heterocycles. The van der Waals surface area contributed by atoms with Gasteiger partial charge in [0.25, 0.3) is 0 Å². The van der Waals surface area contributed by atoms with E-state index >= 15 is 0 Å². The molecule has 1 aromatic carbocycles. The Morgan fingerprint density at radius 3 is 2.77 bits per heavy atom. The fraction of sp³-hybridized carbons (Fsp3) is 0.409. The summed E-state index contributed by atoms with van der Waals surface area (Å²) < 4.78 is 17.2. The van der Waals surface area contributed by atoms with Crippen molar-refractivity contribution in [2.24, 2.45) is 11.1 Å². The molecule has 0 spiro atoms. The summed E-state index contributed by atoms with van der Waals surface area (Å²) in [6.45, 7) is 7.24. The number of pyridine rings is 1. The number of nitrogens with two attached hydrogens (primary N) is 1. The Balaban J connectivity index is 0.00000256. The standard InChI is InChI=1S/C22H26N4O3.ClH/c1-4-27-18-12-22(23,21(18,2)3)20-25-19(26-29-20)16-8-5-9-17(11-16)28-14-15-7-6-10-24-13-15;/h5-11,13,18H,4,12,14,23H2,1-3H3;1H. The highest BCUT2D eigenvalue weighted by Crippen LogP contribution is 2.55.